The van der Waals surface area contributed by atoms with Gasteiger partial charge in [-0.2, -0.15) is 5.10 Å². The van der Waals surface area contributed by atoms with Crippen LogP contribution in [0.1, 0.15) is 10.4 Å². The van der Waals surface area contributed by atoms with Gasteiger partial charge >= 0.3 is 0 Å². The number of rotatable bonds is 5. The van der Waals surface area contributed by atoms with E-state index in [9.17, 15) is 9.18 Å². The van der Waals surface area contributed by atoms with E-state index in [0.29, 0.717) is 11.4 Å². The van der Waals surface area contributed by atoms with Crippen molar-refractivity contribution in [2.45, 2.75) is 6.54 Å². The molecule has 0 aliphatic carbocycles. The van der Waals surface area contributed by atoms with Gasteiger partial charge in [0, 0.05) is 17.3 Å². The van der Waals surface area contributed by atoms with E-state index < -0.39 is 12.6 Å². The van der Waals surface area contributed by atoms with E-state index in [1.54, 1.807) is 29.2 Å². The van der Waals surface area contributed by atoms with E-state index in [-0.39, 0.29) is 6.54 Å². The highest BCUT2D eigenvalue weighted by Gasteiger charge is 2.10. The molecular formula is C15H14FN5O. The van der Waals surface area contributed by atoms with Crippen LogP contribution in [0.2, 0.25) is 0 Å². The summed E-state index contributed by atoms with van der Waals surface area (Å²) in [5, 5.41) is 8.07. The van der Waals surface area contributed by atoms with Gasteiger partial charge in [0.1, 0.15) is 12.5 Å². The first-order chi connectivity index (χ1) is 10.7. The lowest BCUT2D eigenvalue weighted by molar-refractivity contribution is 0.100. The van der Waals surface area contributed by atoms with Crippen molar-refractivity contribution in [1.29, 1.82) is 0 Å². The van der Waals surface area contributed by atoms with E-state index in [2.05, 4.69) is 15.4 Å². The molecule has 2 aromatic heterocycles. The fraction of sp³-hybridized carbons (Fsp3) is 0.133. The summed E-state index contributed by atoms with van der Waals surface area (Å²) in [6.07, 6.45) is 3.25. The topological polar surface area (TPSA) is 85.8 Å². The van der Waals surface area contributed by atoms with Crippen LogP contribution < -0.4 is 11.1 Å². The molecule has 0 atom stereocenters. The highest BCUT2D eigenvalue weighted by atomic mass is 19.1. The average Bonchev–Trinajstić information content (AvgIpc) is 2.90. The maximum absolute atomic E-state index is 12.4. The molecular weight excluding hydrogens is 285 g/mol. The molecule has 0 fully saturated rings. The molecule has 0 spiro atoms. The number of halogens is 1. The third-order valence-corrected chi connectivity index (χ3v) is 3.27. The molecule has 0 radical (unpaired) electrons. The van der Waals surface area contributed by atoms with Crippen LogP contribution in [0, 0.1) is 0 Å². The van der Waals surface area contributed by atoms with E-state index in [4.69, 9.17) is 5.73 Å². The van der Waals surface area contributed by atoms with Crippen LogP contribution in [0.15, 0.2) is 42.7 Å². The van der Waals surface area contributed by atoms with Gasteiger partial charge in [0.05, 0.1) is 23.8 Å². The number of benzene rings is 1. The van der Waals surface area contributed by atoms with Crippen LogP contribution >= 0.6 is 0 Å². The summed E-state index contributed by atoms with van der Waals surface area (Å²) in [4.78, 5) is 15.5. The lowest BCUT2D eigenvalue weighted by atomic mass is 10.2. The smallest absolute Gasteiger partial charge is 0.252 e. The molecule has 6 nitrogen and oxygen atoms in total. The summed E-state index contributed by atoms with van der Waals surface area (Å²) in [7, 11) is 0. The van der Waals surface area contributed by atoms with Crippen LogP contribution in [0.3, 0.4) is 0 Å². The van der Waals surface area contributed by atoms with Crippen molar-refractivity contribution in [3.8, 4) is 0 Å². The van der Waals surface area contributed by atoms with Crippen molar-refractivity contribution in [3.63, 3.8) is 0 Å². The SMILES string of the molecule is NC(=O)c1cccnc1Nc1ccc2c(cnn2CCF)c1. The Morgan fingerprint density at radius 1 is 1.36 bits per heavy atom. The maximum atomic E-state index is 12.4. The Balaban J connectivity index is 1.93. The second-order valence-corrected chi connectivity index (χ2v) is 4.72. The van der Waals surface area contributed by atoms with Gasteiger partial charge in [0.25, 0.3) is 5.91 Å². The molecule has 3 aromatic rings. The number of nitrogens with zero attached hydrogens (tertiary/aromatic N) is 3. The number of alkyl halides is 1. The number of primary amides is 1. The van der Waals surface area contributed by atoms with Crippen molar-refractivity contribution in [2.24, 2.45) is 5.73 Å². The number of nitrogens with one attached hydrogen (secondary N) is 1. The lowest BCUT2D eigenvalue weighted by Gasteiger charge is -2.09. The van der Waals surface area contributed by atoms with Gasteiger partial charge in [-0.3, -0.25) is 9.48 Å². The number of amides is 1. The third-order valence-electron chi connectivity index (χ3n) is 3.27. The highest BCUT2D eigenvalue weighted by Crippen LogP contribution is 2.23. The van der Waals surface area contributed by atoms with Gasteiger partial charge in [-0.15, -0.1) is 0 Å². The summed E-state index contributed by atoms with van der Waals surface area (Å²) >= 11 is 0. The van der Waals surface area contributed by atoms with Crippen molar-refractivity contribution in [1.82, 2.24) is 14.8 Å². The van der Waals surface area contributed by atoms with Crippen molar-refractivity contribution < 1.29 is 9.18 Å². The predicted molar refractivity (Wildman–Crippen MR) is 81.7 cm³/mol. The Morgan fingerprint density at radius 2 is 2.23 bits per heavy atom. The van der Waals surface area contributed by atoms with E-state index >= 15 is 0 Å². The fourth-order valence-electron chi connectivity index (χ4n) is 2.26. The quantitative estimate of drug-likeness (QED) is 0.756. The van der Waals surface area contributed by atoms with Gasteiger partial charge in [0.15, 0.2) is 0 Å². The summed E-state index contributed by atoms with van der Waals surface area (Å²) < 4.78 is 14.1. The molecule has 0 saturated heterocycles. The molecule has 112 valence electrons. The van der Waals surface area contributed by atoms with Gasteiger partial charge in [-0.05, 0) is 30.3 Å². The van der Waals surface area contributed by atoms with Gasteiger partial charge in [0.2, 0.25) is 0 Å². The summed E-state index contributed by atoms with van der Waals surface area (Å²) in [6.45, 7) is -0.241. The van der Waals surface area contributed by atoms with Gasteiger partial charge in [-0.1, -0.05) is 0 Å². The zero-order valence-electron chi connectivity index (χ0n) is 11.7. The molecule has 3 rings (SSSR count). The Bertz CT molecular complexity index is 830. The average molecular weight is 299 g/mol. The first-order valence-corrected chi connectivity index (χ1v) is 6.72. The van der Waals surface area contributed by atoms with E-state index in [0.717, 1.165) is 16.6 Å². The Kier molecular flexibility index (Phi) is 3.69. The molecule has 0 bridgehead atoms. The molecule has 7 heteroatoms. The second kappa shape index (κ2) is 5.80. The normalized spacial score (nSPS) is 10.8. The van der Waals surface area contributed by atoms with Crippen molar-refractivity contribution >= 4 is 28.3 Å². The number of anilines is 2. The third kappa shape index (κ3) is 2.60. The number of hydrogen-bond donors (Lipinski definition) is 2. The van der Waals surface area contributed by atoms with E-state index in [1.165, 1.54) is 0 Å². The predicted octanol–water partition coefficient (Wildman–Crippen LogP) is 2.24. The standard InChI is InChI=1S/C15H14FN5O/c16-5-7-21-13-4-3-11(8-10(13)9-19-21)20-15-12(14(17)22)2-1-6-18-15/h1-4,6,8-9H,5,7H2,(H2,17,22)(H,18,20). The molecule has 0 saturated carbocycles. The minimum Gasteiger partial charge on any atom is -0.365 e. The molecule has 22 heavy (non-hydrogen) atoms. The maximum Gasteiger partial charge on any atom is 0.252 e. The summed E-state index contributed by atoms with van der Waals surface area (Å²) in [5.41, 5.74) is 7.23. The Hall–Kier alpha value is -2.96. The summed E-state index contributed by atoms with van der Waals surface area (Å²) in [5.74, 6) is -0.155. The molecule has 0 unspecified atom stereocenters. The van der Waals surface area contributed by atoms with Crippen molar-refractivity contribution in [3.05, 3.63) is 48.3 Å². The lowest BCUT2D eigenvalue weighted by Crippen LogP contribution is -2.14. The van der Waals surface area contributed by atoms with Crippen LogP contribution in [0.4, 0.5) is 15.9 Å². The Morgan fingerprint density at radius 3 is 3.00 bits per heavy atom. The number of nitrogens with two attached hydrogens (primary N) is 1. The summed E-state index contributed by atoms with van der Waals surface area (Å²) in [6, 6.07) is 8.77. The zero-order chi connectivity index (χ0) is 15.5. The minimum absolute atomic E-state index is 0.225. The number of pyridine rings is 1. The van der Waals surface area contributed by atoms with Gasteiger partial charge in [-0.25, -0.2) is 9.37 Å². The largest absolute Gasteiger partial charge is 0.365 e. The monoisotopic (exact) mass is 299 g/mol. The molecule has 1 amide bonds. The first-order valence-electron chi connectivity index (χ1n) is 6.72. The van der Waals surface area contributed by atoms with Gasteiger partial charge < -0.3 is 11.1 Å². The second-order valence-electron chi connectivity index (χ2n) is 4.72. The number of carbonyl (C=O) groups excluding carboxylic acids is 1. The van der Waals surface area contributed by atoms with Crippen LogP contribution in [-0.4, -0.2) is 27.3 Å². The molecule has 0 aliphatic rings. The molecule has 3 N–H and O–H groups in total. The van der Waals surface area contributed by atoms with Crippen LogP contribution in [0.25, 0.3) is 10.9 Å². The number of aryl methyl sites for hydroxylation is 1. The number of carbonyl (C=O) groups is 1. The Labute approximate surface area is 125 Å². The van der Waals surface area contributed by atoms with Crippen molar-refractivity contribution in [2.75, 3.05) is 12.0 Å². The zero-order valence-corrected chi connectivity index (χ0v) is 11.7. The van der Waals surface area contributed by atoms with Crippen LogP contribution in [0.5, 0.6) is 0 Å². The number of hydrogen-bond acceptors (Lipinski definition) is 4. The van der Waals surface area contributed by atoms with E-state index in [1.807, 2.05) is 18.2 Å². The molecule has 2 heterocycles. The fourth-order valence-corrected chi connectivity index (χ4v) is 2.26. The molecule has 1 aromatic carbocycles. The number of fused-ring (bicyclic) bond motifs is 1. The minimum atomic E-state index is -0.549. The first kappa shape index (κ1) is 14.0. The van der Waals surface area contributed by atoms with Crippen LogP contribution in [-0.2, 0) is 6.54 Å². The highest BCUT2D eigenvalue weighted by molar-refractivity contribution is 5.98. The number of aromatic nitrogens is 3. The molecule has 0 aliphatic heterocycles.